The lowest BCUT2D eigenvalue weighted by Gasteiger charge is -2.24. The van der Waals surface area contributed by atoms with Crippen LogP contribution in [-0.2, 0) is 16.2 Å². The molecule has 1 aliphatic carbocycles. The molecule has 156 valence electrons. The minimum absolute atomic E-state index is 0.0552. The van der Waals surface area contributed by atoms with Crippen LogP contribution in [0.4, 0.5) is 5.69 Å². The van der Waals surface area contributed by atoms with Crippen LogP contribution in [0.15, 0.2) is 42.5 Å². The molecule has 0 unspecified atom stereocenters. The monoisotopic (exact) mass is 409 g/mol. The van der Waals surface area contributed by atoms with Gasteiger partial charge in [0.15, 0.2) is 6.61 Å². The van der Waals surface area contributed by atoms with Gasteiger partial charge in [0, 0.05) is 30.8 Å². The van der Waals surface area contributed by atoms with Gasteiger partial charge in [0.2, 0.25) is 0 Å². The smallest absolute Gasteiger partial charge is 0.277 e. The van der Waals surface area contributed by atoms with Gasteiger partial charge in [0.25, 0.3) is 17.7 Å². The first-order valence-corrected chi connectivity index (χ1v) is 9.75. The number of nitrogens with one attached hydrogen (secondary N) is 1. The Hall–Kier alpha value is -3.39. The Bertz CT molecular complexity index is 985. The van der Waals surface area contributed by atoms with Gasteiger partial charge in [-0.15, -0.1) is 0 Å². The molecule has 3 amide bonds. The number of rotatable bonds is 6. The molecule has 30 heavy (non-hydrogen) atoms. The molecule has 0 bridgehead atoms. The highest BCUT2D eigenvalue weighted by molar-refractivity contribution is 5.99. The average Bonchev–Trinajstić information content (AvgIpc) is 3.61. The second-order valence-electron chi connectivity index (χ2n) is 7.39. The average molecular weight is 409 g/mol. The van der Waals surface area contributed by atoms with Crippen LogP contribution in [0.25, 0.3) is 0 Å². The Kier molecular flexibility index (Phi) is 5.41. The number of benzene rings is 2. The van der Waals surface area contributed by atoms with Crippen molar-refractivity contribution in [2.24, 2.45) is 0 Å². The van der Waals surface area contributed by atoms with Crippen LogP contribution in [0.2, 0.25) is 0 Å². The second kappa shape index (κ2) is 8.16. The van der Waals surface area contributed by atoms with Crippen molar-refractivity contribution in [3.63, 3.8) is 0 Å². The van der Waals surface area contributed by atoms with E-state index in [1.165, 1.54) is 7.11 Å². The van der Waals surface area contributed by atoms with Crippen molar-refractivity contribution < 1.29 is 24.0 Å². The SMILES string of the molecule is CON(C)C(=O)c1ccc(CN(C(=O)c2ccc3c(c2)OCC(=O)N3)C2CC2)cc1. The fourth-order valence-corrected chi connectivity index (χ4v) is 3.34. The predicted octanol–water partition coefficient (Wildman–Crippen LogP) is 2.46. The van der Waals surface area contributed by atoms with Gasteiger partial charge in [0.05, 0.1) is 12.8 Å². The topological polar surface area (TPSA) is 88.2 Å². The molecule has 1 N–H and O–H groups in total. The fraction of sp³-hybridized carbons (Fsp3) is 0.318. The first kappa shape index (κ1) is 19.9. The molecule has 1 heterocycles. The number of ether oxygens (including phenoxy) is 1. The Morgan fingerprint density at radius 1 is 1.10 bits per heavy atom. The molecular formula is C22H23N3O5. The Labute approximate surface area is 174 Å². The van der Waals surface area contributed by atoms with E-state index in [1.54, 1.807) is 37.4 Å². The highest BCUT2D eigenvalue weighted by atomic mass is 16.7. The van der Waals surface area contributed by atoms with Gasteiger partial charge < -0.3 is 15.0 Å². The lowest BCUT2D eigenvalue weighted by atomic mass is 10.1. The van der Waals surface area contributed by atoms with Gasteiger partial charge in [-0.1, -0.05) is 12.1 Å². The van der Waals surface area contributed by atoms with Gasteiger partial charge in [-0.2, -0.15) is 0 Å². The maximum Gasteiger partial charge on any atom is 0.277 e. The predicted molar refractivity (Wildman–Crippen MR) is 109 cm³/mol. The van der Waals surface area contributed by atoms with Crippen LogP contribution < -0.4 is 10.1 Å². The van der Waals surface area contributed by atoms with Crippen molar-refractivity contribution in [3.05, 3.63) is 59.2 Å². The van der Waals surface area contributed by atoms with Crippen LogP contribution in [0.5, 0.6) is 5.75 Å². The Morgan fingerprint density at radius 3 is 2.47 bits per heavy atom. The lowest BCUT2D eigenvalue weighted by Crippen LogP contribution is -2.33. The van der Waals surface area contributed by atoms with E-state index in [9.17, 15) is 14.4 Å². The molecule has 0 atom stereocenters. The van der Waals surface area contributed by atoms with Crippen molar-refractivity contribution in [1.82, 2.24) is 9.96 Å². The van der Waals surface area contributed by atoms with Crippen LogP contribution in [0, 0.1) is 0 Å². The summed E-state index contributed by atoms with van der Waals surface area (Å²) >= 11 is 0. The summed E-state index contributed by atoms with van der Waals surface area (Å²) in [6.07, 6.45) is 1.94. The van der Waals surface area contributed by atoms with Crippen molar-refractivity contribution in [1.29, 1.82) is 0 Å². The number of hydrogen-bond acceptors (Lipinski definition) is 5. The summed E-state index contributed by atoms with van der Waals surface area (Å²) in [6.45, 7) is 0.396. The fourth-order valence-electron chi connectivity index (χ4n) is 3.34. The zero-order chi connectivity index (χ0) is 21.3. The minimum atomic E-state index is -0.236. The summed E-state index contributed by atoms with van der Waals surface area (Å²) in [5.74, 6) is -0.0264. The summed E-state index contributed by atoms with van der Waals surface area (Å²) in [7, 11) is 2.99. The van der Waals surface area contributed by atoms with E-state index in [2.05, 4.69) is 5.32 Å². The van der Waals surface area contributed by atoms with Crippen molar-refractivity contribution in [2.45, 2.75) is 25.4 Å². The number of fused-ring (bicyclic) bond motifs is 1. The lowest BCUT2D eigenvalue weighted by molar-refractivity contribution is -0.118. The molecule has 0 spiro atoms. The number of carbonyl (C=O) groups excluding carboxylic acids is 3. The number of hydroxylamine groups is 2. The standard InChI is InChI=1S/C22H23N3O5/c1-24(29-2)21(27)15-5-3-14(4-6-15)12-25(17-8-9-17)22(28)16-7-10-18-19(11-16)30-13-20(26)23-18/h3-7,10-11,17H,8-9,12-13H2,1-2H3,(H,23,26). The number of hydrogen-bond donors (Lipinski definition) is 1. The second-order valence-corrected chi connectivity index (χ2v) is 7.39. The molecule has 8 nitrogen and oxygen atoms in total. The summed E-state index contributed by atoms with van der Waals surface area (Å²) in [6, 6.07) is 12.4. The van der Waals surface area contributed by atoms with Crippen LogP contribution >= 0.6 is 0 Å². The van der Waals surface area contributed by atoms with E-state index in [0.29, 0.717) is 29.1 Å². The van der Waals surface area contributed by atoms with Gasteiger partial charge in [0.1, 0.15) is 5.75 Å². The summed E-state index contributed by atoms with van der Waals surface area (Å²) in [4.78, 5) is 43.6. The van der Waals surface area contributed by atoms with E-state index in [1.807, 2.05) is 17.0 Å². The van der Waals surface area contributed by atoms with Crippen LogP contribution in [0.3, 0.4) is 0 Å². The Balaban J connectivity index is 1.50. The maximum atomic E-state index is 13.2. The molecule has 4 rings (SSSR count). The number of carbonyl (C=O) groups is 3. The van der Waals surface area contributed by atoms with Crippen molar-refractivity contribution in [2.75, 3.05) is 26.1 Å². The molecule has 0 saturated heterocycles. The molecule has 2 aliphatic rings. The zero-order valence-electron chi connectivity index (χ0n) is 16.9. The summed E-state index contributed by atoms with van der Waals surface area (Å²) < 4.78 is 5.44. The maximum absolute atomic E-state index is 13.2. The van der Waals surface area contributed by atoms with Crippen molar-refractivity contribution >= 4 is 23.4 Å². The quantitative estimate of drug-likeness (QED) is 0.741. The summed E-state index contributed by atoms with van der Waals surface area (Å²) in [5, 5.41) is 3.89. The van der Waals surface area contributed by atoms with E-state index in [0.717, 1.165) is 23.5 Å². The van der Waals surface area contributed by atoms with Gasteiger partial charge in [-0.25, -0.2) is 5.06 Å². The zero-order valence-corrected chi connectivity index (χ0v) is 16.9. The first-order valence-electron chi connectivity index (χ1n) is 9.75. The molecule has 8 heteroatoms. The largest absolute Gasteiger partial charge is 0.482 e. The third-order valence-corrected chi connectivity index (χ3v) is 5.22. The van der Waals surface area contributed by atoms with Crippen LogP contribution in [-0.4, -0.2) is 54.5 Å². The minimum Gasteiger partial charge on any atom is -0.482 e. The normalized spacial score (nSPS) is 14.9. The molecule has 1 saturated carbocycles. The molecule has 2 aromatic carbocycles. The number of amides is 3. The van der Waals surface area contributed by atoms with Gasteiger partial charge >= 0.3 is 0 Å². The summed E-state index contributed by atoms with van der Waals surface area (Å²) in [5.41, 5.74) is 2.54. The number of nitrogens with zero attached hydrogens (tertiary/aromatic N) is 2. The van der Waals surface area contributed by atoms with Gasteiger partial charge in [-0.3, -0.25) is 19.2 Å². The van der Waals surface area contributed by atoms with Crippen LogP contribution in [0.1, 0.15) is 39.1 Å². The highest BCUT2D eigenvalue weighted by Gasteiger charge is 2.33. The molecular weight excluding hydrogens is 386 g/mol. The third-order valence-electron chi connectivity index (χ3n) is 5.22. The van der Waals surface area contributed by atoms with E-state index < -0.39 is 0 Å². The highest BCUT2D eigenvalue weighted by Crippen LogP contribution is 2.33. The molecule has 0 radical (unpaired) electrons. The van der Waals surface area contributed by atoms with E-state index >= 15 is 0 Å². The third kappa shape index (κ3) is 4.13. The van der Waals surface area contributed by atoms with E-state index in [4.69, 9.17) is 9.57 Å². The van der Waals surface area contributed by atoms with Gasteiger partial charge in [-0.05, 0) is 48.7 Å². The molecule has 1 fully saturated rings. The van der Waals surface area contributed by atoms with Crippen molar-refractivity contribution in [3.8, 4) is 5.75 Å². The molecule has 2 aromatic rings. The molecule has 1 aliphatic heterocycles. The molecule has 0 aromatic heterocycles. The Morgan fingerprint density at radius 2 is 1.80 bits per heavy atom. The number of anilines is 1. The van der Waals surface area contributed by atoms with E-state index in [-0.39, 0.29) is 30.4 Å². The first-order chi connectivity index (χ1) is 14.5.